The first-order chi connectivity index (χ1) is 15.4. The minimum absolute atomic E-state index is 0.0653. The summed E-state index contributed by atoms with van der Waals surface area (Å²) in [6.07, 6.45) is -0.290. The molecule has 0 aliphatic carbocycles. The summed E-state index contributed by atoms with van der Waals surface area (Å²) in [6, 6.07) is 13.5. The van der Waals surface area contributed by atoms with Gasteiger partial charge in [0.1, 0.15) is 11.5 Å². The lowest BCUT2D eigenvalue weighted by Gasteiger charge is -2.18. The summed E-state index contributed by atoms with van der Waals surface area (Å²) in [6.45, 7) is 1.82. The molecule has 0 bridgehead atoms. The predicted octanol–water partition coefficient (Wildman–Crippen LogP) is 3.17. The highest BCUT2D eigenvalue weighted by molar-refractivity contribution is 5.87. The van der Waals surface area contributed by atoms with Gasteiger partial charge in [-0.3, -0.25) is 14.4 Å². The Morgan fingerprint density at radius 3 is 2.53 bits per heavy atom. The molecule has 8 nitrogen and oxygen atoms in total. The molecule has 0 radical (unpaired) electrons. The van der Waals surface area contributed by atoms with E-state index in [9.17, 15) is 19.5 Å². The Morgan fingerprint density at radius 2 is 1.78 bits per heavy atom. The average Bonchev–Trinajstić information content (AvgIpc) is 2.78. The van der Waals surface area contributed by atoms with Gasteiger partial charge >= 0.3 is 5.97 Å². The van der Waals surface area contributed by atoms with E-state index in [2.05, 4.69) is 9.97 Å². The van der Waals surface area contributed by atoms with Gasteiger partial charge in [0.25, 0.3) is 11.1 Å². The predicted molar refractivity (Wildman–Crippen MR) is 120 cm³/mol. The number of pyridine rings is 2. The van der Waals surface area contributed by atoms with E-state index in [4.69, 9.17) is 9.47 Å². The van der Waals surface area contributed by atoms with Gasteiger partial charge in [-0.15, -0.1) is 0 Å². The van der Waals surface area contributed by atoms with Gasteiger partial charge in [-0.2, -0.15) is 0 Å². The van der Waals surface area contributed by atoms with Crippen LogP contribution in [0.1, 0.15) is 30.4 Å². The fraction of sp³-hybridized carbons (Fsp3) is 0.208. The third-order valence-corrected chi connectivity index (χ3v) is 5.41. The van der Waals surface area contributed by atoms with Crippen molar-refractivity contribution in [2.45, 2.75) is 19.3 Å². The molecule has 1 unspecified atom stereocenters. The zero-order valence-corrected chi connectivity index (χ0v) is 17.6. The van der Waals surface area contributed by atoms with E-state index in [1.807, 2.05) is 0 Å². The largest absolute Gasteiger partial charge is 0.507 e. The number of aromatic nitrogens is 2. The normalized spacial score (nSPS) is 12.1. The first-order valence-corrected chi connectivity index (χ1v) is 10.1. The summed E-state index contributed by atoms with van der Waals surface area (Å²) in [5.74, 6) is -1.30. The maximum atomic E-state index is 13.0. The number of carbonyl (C=O) groups excluding carboxylic acids is 1. The summed E-state index contributed by atoms with van der Waals surface area (Å²) in [4.78, 5) is 43.9. The van der Waals surface area contributed by atoms with Crippen LogP contribution in [-0.2, 0) is 9.53 Å². The number of ether oxygens (including phenoxy) is 2. The number of benzene rings is 2. The molecule has 4 rings (SSSR count). The van der Waals surface area contributed by atoms with Gasteiger partial charge in [0, 0.05) is 27.8 Å². The highest BCUT2D eigenvalue weighted by Gasteiger charge is 2.28. The molecule has 4 aromatic rings. The Hall–Kier alpha value is -4.07. The number of aromatic amines is 2. The summed E-state index contributed by atoms with van der Waals surface area (Å²) < 4.78 is 10.3. The Morgan fingerprint density at radius 1 is 1.03 bits per heavy atom. The lowest BCUT2D eigenvalue weighted by Crippen LogP contribution is -2.25. The van der Waals surface area contributed by atoms with Crippen molar-refractivity contribution >= 4 is 27.8 Å². The van der Waals surface area contributed by atoms with Crippen molar-refractivity contribution in [2.75, 3.05) is 13.7 Å². The van der Waals surface area contributed by atoms with Crippen LogP contribution < -0.4 is 15.9 Å². The molecule has 2 aromatic heterocycles. The molecule has 164 valence electrons. The fourth-order valence-electron chi connectivity index (χ4n) is 3.91. The van der Waals surface area contributed by atoms with Crippen LogP contribution in [0.2, 0.25) is 0 Å². The van der Waals surface area contributed by atoms with Crippen molar-refractivity contribution in [1.29, 1.82) is 0 Å². The molecule has 0 aliphatic rings. The van der Waals surface area contributed by atoms with Crippen LogP contribution in [-0.4, -0.2) is 34.8 Å². The van der Waals surface area contributed by atoms with E-state index in [0.29, 0.717) is 27.6 Å². The van der Waals surface area contributed by atoms with Gasteiger partial charge in [-0.25, -0.2) is 0 Å². The number of esters is 1. The third kappa shape index (κ3) is 3.82. The van der Waals surface area contributed by atoms with Crippen LogP contribution in [0.25, 0.3) is 21.8 Å². The van der Waals surface area contributed by atoms with Crippen LogP contribution in [0.4, 0.5) is 0 Å². The van der Waals surface area contributed by atoms with E-state index < -0.39 is 23.0 Å². The Balaban J connectivity index is 1.98. The lowest BCUT2D eigenvalue weighted by atomic mass is 9.88. The number of H-pyrrole nitrogens is 2. The molecule has 0 spiro atoms. The molecule has 1 atom stereocenters. The van der Waals surface area contributed by atoms with Gasteiger partial charge in [-0.05, 0) is 43.3 Å². The maximum Gasteiger partial charge on any atom is 0.306 e. The van der Waals surface area contributed by atoms with Crippen molar-refractivity contribution in [3.05, 3.63) is 80.4 Å². The molecular formula is C24H22N2O6. The van der Waals surface area contributed by atoms with Crippen molar-refractivity contribution in [2.24, 2.45) is 0 Å². The van der Waals surface area contributed by atoms with E-state index in [1.165, 1.54) is 7.11 Å². The third-order valence-electron chi connectivity index (χ3n) is 5.41. The fourth-order valence-corrected chi connectivity index (χ4v) is 3.91. The van der Waals surface area contributed by atoms with Gasteiger partial charge < -0.3 is 24.5 Å². The number of carbonyl (C=O) groups is 1. The standard InChI is InChI=1S/C24H22N2O6/c1-3-32-20(27)12-16(21-22(28)15-6-4-5-7-19(15)26-24(21)30)17-11-13-10-14(31-2)8-9-18(13)25-23(17)29/h4-11,16H,3,12H2,1-2H3,(H,25,29)(H2,26,28,30). The number of methoxy groups -OCH3 is 1. The van der Waals surface area contributed by atoms with Crippen LogP contribution in [0.5, 0.6) is 11.5 Å². The number of nitrogens with one attached hydrogen (secondary N) is 2. The van der Waals surface area contributed by atoms with Crippen molar-refractivity contribution < 1.29 is 19.4 Å². The van der Waals surface area contributed by atoms with Crippen molar-refractivity contribution in [3.8, 4) is 11.5 Å². The number of rotatable bonds is 6. The van der Waals surface area contributed by atoms with Crippen LogP contribution >= 0.6 is 0 Å². The van der Waals surface area contributed by atoms with Crippen molar-refractivity contribution in [3.63, 3.8) is 0 Å². The molecule has 8 heteroatoms. The molecule has 3 N–H and O–H groups in total. The highest BCUT2D eigenvalue weighted by Crippen LogP contribution is 2.35. The maximum absolute atomic E-state index is 13.0. The number of aromatic hydroxyl groups is 1. The summed E-state index contributed by atoms with van der Waals surface area (Å²) in [7, 11) is 1.53. The SMILES string of the molecule is CCOC(=O)CC(c1cc2cc(OC)ccc2[nH]c1=O)c1c(O)c2ccccc2[nH]c1=O. The number of para-hydroxylation sites is 1. The van der Waals surface area contributed by atoms with Gasteiger partial charge in [0.05, 0.1) is 31.2 Å². The second-order valence-electron chi connectivity index (χ2n) is 7.33. The van der Waals surface area contributed by atoms with E-state index in [-0.39, 0.29) is 29.9 Å². The molecule has 0 saturated heterocycles. The van der Waals surface area contributed by atoms with E-state index in [0.717, 1.165) is 0 Å². The quantitative estimate of drug-likeness (QED) is 0.401. The van der Waals surface area contributed by atoms with Crippen molar-refractivity contribution in [1.82, 2.24) is 9.97 Å². The lowest BCUT2D eigenvalue weighted by molar-refractivity contribution is -0.143. The molecule has 0 fully saturated rings. The number of hydrogen-bond acceptors (Lipinski definition) is 6. The Bertz CT molecular complexity index is 1440. The van der Waals surface area contributed by atoms with Gasteiger partial charge in [0.15, 0.2) is 0 Å². The molecular weight excluding hydrogens is 412 g/mol. The Kier molecular flexibility index (Phi) is 5.68. The first-order valence-electron chi connectivity index (χ1n) is 10.1. The van der Waals surface area contributed by atoms with Gasteiger partial charge in [-0.1, -0.05) is 12.1 Å². The minimum atomic E-state index is -1.03. The summed E-state index contributed by atoms with van der Waals surface area (Å²) in [5, 5.41) is 12.1. The molecule has 32 heavy (non-hydrogen) atoms. The zero-order chi connectivity index (χ0) is 22.8. The topological polar surface area (TPSA) is 121 Å². The Labute approximate surface area is 182 Å². The molecule has 0 amide bonds. The molecule has 0 saturated carbocycles. The minimum Gasteiger partial charge on any atom is -0.507 e. The zero-order valence-electron chi connectivity index (χ0n) is 17.6. The monoisotopic (exact) mass is 434 g/mol. The number of hydrogen-bond donors (Lipinski definition) is 3. The van der Waals surface area contributed by atoms with Gasteiger partial charge in [0.2, 0.25) is 0 Å². The van der Waals surface area contributed by atoms with E-state index in [1.54, 1.807) is 55.5 Å². The molecule has 0 aliphatic heterocycles. The molecule has 2 aromatic carbocycles. The van der Waals surface area contributed by atoms with Crippen LogP contribution in [0, 0.1) is 0 Å². The van der Waals surface area contributed by atoms with Crippen LogP contribution in [0.3, 0.4) is 0 Å². The second kappa shape index (κ2) is 8.58. The smallest absolute Gasteiger partial charge is 0.306 e. The highest BCUT2D eigenvalue weighted by atomic mass is 16.5. The molecule has 2 heterocycles. The van der Waals surface area contributed by atoms with E-state index >= 15 is 0 Å². The first kappa shape index (κ1) is 21.2. The average molecular weight is 434 g/mol. The summed E-state index contributed by atoms with van der Waals surface area (Å²) >= 11 is 0. The second-order valence-corrected chi connectivity index (χ2v) is 7.33. The van der Waals surface area contributed by atoms with Crippen LogP contribution in [0.15, 0.2) is 58.1 Å². The summed E-state index contributed by atoms with van der Waals surface area (Å²) in [5.41, 5.74) is 0.0702. The number of fused-ring (bicyclic) bond motifs is 2.